The molecule has 2 aliphatic rings. The van der Waals surface area contributed by atoms with E-state index in [-0.39, 0.29) is 0 Å². The standard InChI is InChI=1S/C15H21NO/c1-16-9-12-7-6-11(12)8-13-10-17-15-5-3-2-4-14(13)15/h2-5,11-13,16H,6-10H2,1H3. The maximum atomic E-state index is 5.76. The Kier molecular flexibility index (Phi) is 3.06. The van der Waals surface area contributed by atoms with Crippen LogP contribution in [0.1, 0.15) is 30.7 Å². The van der Waals surface area contributed by atoms with E-state index < -0.39 is 0 Å². The quantitative estimate of drug-likeness (QED) is 0.860. The van der Waals surface area contributed by atoms with Crippen LogP contribution in [0.25, 0.3) is 0 Å². The largest absolute Gasteiger partial charge is 0.493 e. The Balaban J connectivity index is 1.64. The first-order valence-electron chi connectivity index (χ1n) is 6.75. The summed E-state index contributed by atoms with van der Waals surface area (Å²) in [7, 11) is 2.06. The second kappa shape index (κ2) is 4.69. The molecule has 0 spiro atoms. The van der Waals surface area contributed by atoms with Gasteiger partial charge < -0.3 is 10.1 Å². The highest BCUT2D eigenvalue weighted by atomic mass is 16.5. The lowest BCUT2D eigenvalue weighted by Gasteiger charge is -2.38. The van der Waals surface area contributed by atoms with Crippen molar-refractivity contribution in [3.05, 3.63) is 29.8 Å². The molecule has 1 heterocycles. The third-order valence-corrected chi connectivity index (χ3v) is 4.43. The molecular weight excluding hydrogens is 210 g/mol. The highest BCUT2D eigenvalue weighted by molar-refractivity contribution is 5.39. The lowest BCUT2D eigenvalue weighted by molar-refractivity contribution is 0.147. The molecule has 17 heavy (non-hydrogen) atoms. The van der Waals surface area contributed by atoms with Crippen LogP contribution in [0.2, 0.25) is 0 Å². The predicted octanol–water partition coefficient (Wildman–Crippen LogP) is 2.80. The van der Waals surface area contributed by atoms with Crippen molar-refractivity contribution in [2.75, 3.05) is 20.2 Å². The Morgan fingerprint density at radius 3 is 2.82 bits per heavy atom. The molecule has 2 heteroatoms. The maximum Gasteiger partial charge on any atom is 0.122 e. The first-order chi connectivity index (χ1) is 8.38. The zero-order chi connectivity index (χ0) is 11.7. The average molecular weight is 231 g/mol. The average Bonchev–Trinajstić information content (AvgIpc) is 2.75. The highest BCUT2D eigenvalue weighted by Crippen LogP contribution is 2.44. The van der Waals surface area contributed by atoms with Gasteiger partial charge in [0.15, 0.2) is 0 Å². The SMILES string of the molecule is CNCC1CCC1CC1COc2ccccc21. The molecule has 1 fully saturated rings. The monoisotopic (exact) mass is 231 g/mol. The van der Waals surface area contributed by atoms with Crippen LogP contribution in [-0.2, 0) is 0 Å². The summed E-state index contributed by atoms with van der Waals surface area (Å²) >= 11 is 0. The minimum absolute atomic E-state index is 0.635. The van der Waals surface area contributed by atoms with Crippen molar-refractivity contribution in [2.45, 2.75) is 25.2 Å². The summed E-state index contributed by atoms with van der Waals surface area (Å²) in [6, 6.07) is 8.53. The summed E-state index contributed by atoms with van der Waals surface area (Å²) in [5.41, 5.74) is 1.43. The number of para-hydroxylation sites is 1. The Morgan fingerprint density at radius 1 is 1.24 bits per heavy atom. The molecule has 1 aromatic rings. The summed E-state index contributed by atoms with van der Waals surface area (Å²) < 4.78 is 5.76. The van der Waals surface area contributed by atoms with E-state index in [2.05, 4.69) is 36.6 Å². The second-order valence-electron chi connectivity index (χ2n) is 5.44. The van der Waals surface area contributed by atoms with Gasteiger partial charge in [-0.1, -0.05) is 18.2 Å². The number of rotatable bonds is 4. The van der Waals surface area contributed by atoms with Gasteiger partial charge in [-0.3, -0.25) is 0 Å². The lowest BCUT2D eigenvalue weighted by atomic mass is 9.69. The molecule has 1 aromatic carbocycles. The predicted molar refractivity (Wildman–Crippen MR) is 69.4 cm³/mol. The molecule has 3 unspecified atom stereocenters. The van der Waals surface area contributed by atoms with Gasteiger partial charge in [0.25, 0.3) is 0 Å². The Morgan fingerprint density at radius 2 is 2.06 bits per heavy atom. The van der Waals surface area contributed by atoms with Crippen LogP contribution in [0, 0.1) is 11.8 Å². The summed E-state index contributed by atoms with van der Waals surface area (Å²) in [5, 5.41) is 3.31. The van der Waals surface area contributed by atoms with E-state index in [1.807, 2.05) is 0 Å². The third-order valence-electron chi connectivity index (χ3n) is 4.43. The molecule has 1 N–H and O–H groups in total. The van der Waals surface area contributed by atoms with E-state index >= 15 is 0 Å². The number of hydrogen-bond donors (Lipinski definition) is 1. The van der Waals surface area contributed by atoms with E-state index in [0.717, 1.165) is 24.2 Å². The van der Waals surface area contributed by atoms with Gasteiger partial charge >= 0.3 is 0 Å². The zero-order valence-electron chi connectivity index (χ0n) is 10.5. The van der Waals surface area contributed by atoms with Gasteiger partial charge in [-0.2, -0.15) is 0 Å². The van der Waals surface area contributed by atoms with Crippen LogP contribution in [0.5, 0.6) is 5.75 Å². The molecule has 0 radical (unpaired) electrons. The molecule has 1 aliphatic heterocycles. The normalized spacial score (nSPS) is 30.5. The number of hydrogen-bond acceptors (Lipinski definition) is 2. The molecule has 3 rings (SSSR count). The molecule has 3 atom stereocenters. The Bertz CT molecular complexity index is 390. The summed E-state index contributed by atoms with van der Waals surface area (Å²) in [4.78, 5) is 0. The van der Waals surface area contributed by atoms with E-state index in [9.17, 15) is 0 Å². The molecule has 2 nitrogen and oxygen atoms in total. The minimum Gasteiger partial charge on any atom is -0.493 e. The molecular formula is C15H21NO. The van der Waals surface area contributed by atoms with Crippen LogP contribution in [0.15, 0.2) is 24.3 Å². The minimum atomic E-state index is 0.635. The fourth-order valence-corrected chi connectivity index (χ4v) is 3.27. The van der Waals surface area contributed by atoms with Crippen LogP contribution < -0.4 is 10.1 Å². The van der Waals surface area contributed by atoms with E-state index in [1.54, 1.807) is 0 Å². The van der Waals surface area contributed by atoms with Gasteiger partial charge in [0.05, 0.1) is 6.61 Å². The summed E-state index contributed by atoms with van der Waals surface area (Å²) in [6.07, 6.45) is 4.12. The number of ether oxygens (including phenoxy) is 1. The molecule has 0 saturated heterocycles. The van der Waals surface area contributed by atoms with E-state index in [4.69, 9.17) is 4.74 Å². The fourth-order valence-electron chi connectivity index (χ4n) is 3.27. The van der Waals surface area contributed by atoms with Crippen LogP contribution in [-0.4, -0.2) is 20.2 Å². The molecule has 1 aliphatic carbocycles. The van der Waals surface area contributed by atoms with Gasteiger partial charge in [0.2, 0.25) is 0 Å². The molecule has 0 amide bonds. The smallest absolute Gasteiger partial charge is 0.122 e. The van der Waals surface area contributed by atoms with Gasteiger partial charge in [0.1, 0.15) is 5.75 Å². The number of benzene rings is 1. The Labute approximate surface area is 103 Å². The Hall–Kier alpha value is -1.02. The highest BCUT2D eigenvalue weighted by Gasteiger charge is 2.34. The van der Waals surface area contributed by atoms with Gasteiger partial charge in [-0.25, -0.2) is 0 Å². The van der Waals surface area contributed by atoms with Gasteiger partial charge in [-0.05, 0) is 50.8 Å². The first-order valence-corrected chi connectivity index (χ1v) is 6.75. The van der Waals surface area contributed by atoms with E-state index in [1.165, 1.54) is 31.4 Å². The van der Waals surface area contributed by atoms with Crippen molar-refractivity contribution in [3.63, 3.8) is 0 Å². The van der Waals surface area contributed by atoms with Gasteiger partial charge in [0, 0.05) is 11.5 Å². The van der Waals surface area contributed by atoms with Gasteiger partial charge in [-0.15, -0.1) is 0 Å². The second-order valence-corrected chi connectivity index (χ2v) is 5.44. The maximum absolute atomic E-state index is 5.76. The molecule has 1 saturated carbocycles. The third kappa shape index (κ3) is 2.06. The summed E-state index contributed by atoms with van der Waals surface area (Å²) in [6.45, 7) is 2.07. The van der Waals surface area contributed by atoms with Crippen molar-refractivity contribution < 1.29 is 4.74 Å². The molecule has 0 bridgehead atoms. The van der Waals surface area contributed by atoms with Crippen molar-refractivity contribution in [1.82, 2.24) is 5.32 Å². The van der Waals surface area contributed by atoms with Crippen LogP contribution in [0.3, 0.4) is 0 Å². The summed E-state index contributed by atoms with van der Waals surface area (Å²) in [5.74, 6) is 3.55. The van der Waals surface area contributed by atoms with Crippen molar-refractivity contribution in [3.8, 4) is 5.75 Å². The topological polar surface area (TPSA) is 21.3 Å². The lowest BCUT2D eigenvalue weighted by Crippen LogP contribution is -2.34. The van der Waals surface area contributed by atoms with Crippen molar-refractivity contribution in [1.29, 1.82) is 0 Å². The first kappa shape index (κ1) is 11.1. The number of nitrogens with one attached hydrogen (secondary N) is 1. The number of fused-ring (bicyclic) bond motifs is 1. The van der Waals surface area contributed by atoms with Crippen LogP contribution in [0.4, 0.5) is 0 Å². The molecule has 92 valence electrons. The van der Waals surface area contributed by atoms with Crippen LogP contribution >= 0.6 is 0 Å². The van der Waals surface area contributed by atoms with Crippen molar-refractivity contribution in [2.24, 2.45) is 11.8 Å². The molecule has 0 aromatic heterocycles. The van der Waals surface area contributed by atoms with E-state index in [0.29, 0.717) is 5.92 Å². The van der Waals surface area contributed by atoms with Crippen molar-refractivity contribution >= 4 is 0 Å². The fraction of sp³-hybridized carbons (Fsp3) is 0.600. The zero-order valence-corrected chi connectivity index (χ0v) is 10.5.